The molecule has 0 spiro atoms. The molecule has 1 amide bonds. The molecular formula is C23H25F3N6O2. The monoisotopic (exact) mass is 474 g/mol. The van der Waals surface area contributed by atoms with Crippen LogP contribution in [-0.4, -0.2) is 62.7 Å². The minimum absolute atomic E-state index is 0.0425. The maximum Gasteiger partial charge on any atom is 0.433 e. The number of ether oxygens (including phenoxy) is 1. The zero-order valence-electron chi connectivity index (χ0n) is 18.8. The second kappa shape index (κ2) is 8.44. The summed E-state index contributed by atoms with van der Waals surface area (Å²) in [4.78, 5) is 32.2. The molecule has 3 aromatic heterocycles. The molecule has 2 bridgehead atoms. The molecule has 2 atom stereocenters. The van der Waals surface area contributed by atoms with Crippen LogP contribution >= 0.6 is 0 Å². The molecule has 1 N–H and O–H groups in total. The number of carbonyl (C=O) groups excluding carboxylic acids is 1. The highest BCUT2D eigenvalue weighted by molar-refractivity contribution is 5.92. The van der Waals surface area contributed by atoms with E-state index in [0.29, 0.717) is 36.6 Å². The Hall–Kier alpha value is -3.37. The van der Waals surface area contributed by atoms with E-state index in [1.165, 1.54) is 18.6 Å². The number of hydrogen-bond donors (Lipinski definition) is 1. The Morgan fingerprint density at radius 2 is 1.91 bits per heavy atom. The van der Waals surface area contributed by atoms with Gasteiger partial charge in [0.2, 0.25) is 0 Å². The molecule has 2 aliphatic rings. The number of halogens is 3. The van der Waals surface area contributed by atoms with E-state index in [1.54, 1.807) is 0 Å². The van der Waals surface area contributed by atoms with Crippen LogP contribution in [0.1, 0.15) is 32.4 Å². The number of anilines is 1. The molecule has 8 nitrogen and oxygen atoms in total. The maximum atomic E-state index is 12.8. The molecule has 0 saturated carbocycles. The van der Waals surface area contributed by atoms with Gasteiger partial charge in [0.25, 0.3) is 0 Å². The van der Waals surface area contributed by atoms with E-state index >= 15 is 0 Å². The van der Waals surface area contributed by atoms with E-state index in [2.05, 4.69) is 24.8 Å². The highest BCUT2D eigenvalue weighted by atomic mass is 19.4. The van der Waals surface area contributed by atoms with Crippen molar-refractivity contribution in [2.24, 2.45) is 5.92 Å². The van der Waals surface area contributed by atoms with E-state index in [9.17, 15) is 18.0 Å². The summed E-state index contributed by atoms with van der Waals surface area (Å²) in [5, 5.41) is 0.771. The van der Waals surface area contributed by atoms with Gasteiger partial charge in [-0.15, -0.1) is 0 Å². The number of aromatic amines is 1. The molecule has 5 heterocycles. The zero-order chi connectivity index (χ0) is 24.0. The highest BCUT2D eigenvalue weighted by Crippen LogP contribution is 2.36. The molecule has 2 unspecified atom stereocenters. The SMILES string of the molecule is CC(C)COC(=O)N1C2CCC1CN(c1ncnc3[nH]c(-c4ccc(C(F)(F)F)nc4)cc13)C2. The van der Waals surface area contributed by atoms with E-state index in [-0.39, 0.29) is 24.1 Å². The number of carbonyl (C=O) groups is 1. The van der Waals surface area contributed by atoms with Crippen molar-refractivity contribution in [3.8, 4) is 11.3 Å². The maximum absolute atomic E-state index is 12.8. The van der Waals surface area contributed by atoms with E-state index < -0.39 is 11.9 Å². The number of pyridine rings is 1. The smallest absolute Gasteiger partial charge is 0.433 e. The number of rotatable bonds is 4. The third kappa shape index (κ3) is 4.14. The molecule has 3 aromatic rings. The largest absolute Gasteiger partial charge is 0.449 e. The van der Waals surface area contributed by atoms with E-state index in [1.807, 2.05) is 24.8 Å². The van der Waals surface area contributed by atoms with E-state index in [0.717, 1.165) is 30.1 Å². The first-order valence-electron chi connectivity index (χ1n) is 11.3. The Kier molecular flexibility index (Phi) is 5.57. The van der Waals surface area contributed by atoms with Crippen molar-refractivity contribution >= 4 is 22.9 Å². The van der Waals surface area contributed by atoms with Crippen molar-refractivity contribution < 1.29 is 22.7 Å². The normalized spacial score (nSPS) is 20.4. The van der Waals surface area contributed by atoms with Gasteiger partial charge in [0.05, 0.1) is 24.1 Å². The summed E-state index contributed by atoms with van der Waals surface area (Å²) in [5.74, 6) is 1.01. The Morgan fingerprint density at radius 1 is 1.18 bits per heavy atom. The van der Waals surface area contributed by atoms with Gasteiger partial charge < -0.3 is 14.6 Å². The highest BCUT2D eigenvalue weighted by Gasteiger charge is 2.44. The van der Waals surface area contributed by atoms with Crippen molar-refractivity contribution in [1.82, 2.24) is 24.8 Å². The van der Waals surface area contributed by atoms with Gasteiger partial charge in [-0.05, 0) is 37.0 Å². The standard InChI is InChI=1S/C23H25F3N6O2/c1-13(2)11-34-22(33)32-15-4-5-16(32)10-31(9-15)21-17-7-18(30-20(17)28-12-29-21)14-3-6-19(27-8-14)23(24,25)26/h3,6-8,12-13,15-16H,4-5,9-11H2,1-2H3,(H,28,29,30). The first-order chi connectivity index (χ1) is 16.2. The zero-order valence-corrected chi connectivity index (χ0v) is 18.8. The molecule has 2 fully saturated rings. The van der Waals surface area contributed by atoms with Gasteiger partial charge in [-0.25, -0.2) is 14.8 Å². The van der Waals surface area contributed by atoms with Gasteiger partial charge in [-0.3, -0.25) is 9.88 Å². The average Bonchev–Trinajstić information content (AvgIpc) is 3.35. The lowest BCUT2D eigenvalue weighted by Crippen LogP contribution is -2.56. The number of nitrogens with zero attached hydrogens (tertiary/aromatic N) is 5. The van der Waals surface area contributed by atoms with Crippen molar-refractivity contribution in [2.45, 2.75) is 44.9 Å². The lowest BCUT2D eigenvalue weighted by atomic mass is 10.1. The fraction of sp³-hybridized carbons (Fsp3) is 0.478. The number of H-pyrrole nitrogens is 1. The fourth-order valence-corrected chi connectivity index (χ4v) is 4.74. The van der Waals surface area contributed by atoms with Crippen LogP contribution in [0.3, 0.4) is 0 Å². The van der Waals surface area contributed by atoms with Crippen LogP contribution in [0.15, 0.2) is 30.7 Å². The molecule has 2 saturated heterocycles. The van der Waals surface area contributed by atoms with Crippen LogP contribution in [0.2, 0.25) is 0 Å². The van der Waals surface area contributed by atoms with Crippen LogP contribution < -0.4 is 4.90 Å². The number of hydrogen-bond acceptors (Lipinski definition) is 6. The van der Waals surface area contributed by atoms with Gasteiger partial charge in [0, 0.05) is 30.5 Å². The van der Waals surface area contributed by atoms with Crippen LogP contribution in [0.5, 0.6) is 0 Å². The molecular weight excluding hydrogens is 449 g/mol. The summed E-state index contributed by atoms with van der Waals surface area (Å²) in [6.07, 6.45) is -0.270. The molecule has 0 aromatic carbocycles. The van der Waals surface area contributed by atoms with Crippen LogP contribution in [-0.2, 0) is 10.9 Å². The number of aromatic nitrogens is 4. The van der Waals surface area contributed by atoms with Gasteiger partial charge in [-0.1, -0.05) is 13.8 Å². The van der Waals surface area contributed by atoms with Gasteiger partial charge in [0.15, 0.2) is 0 Å². The lowest BCUT2D eigenvalue weighted by Gasteiger charge is -2.41. The van der Waals surface area contributed by atoms with Crippen molar-refractivity contribution in [3.63, 3.8) is 0 Å². The van der Waals surface area contributed by atoms with Gasteiger partial charge >= 0.3 is 12.3 Å². The van der Waals surface area contributed by atoms with Crippen molar-refractivity contribution in [3.05, 3.63) is 36.4 Å². The quantitative estimate of drug-likeness (QED) is 0.600. The second-order valence-corrected chi connectivity index (χ2v) is 9.24. The van der Waals surface area contributed by atoms with E-state index in [4.69, 9.17) is 4.74 Å². The second-order valence-electron chi connectivity index (χ2n) is 9.24. The van der Waals surface area contributed by atoms with Crippen molar-refractivity contribution in [2.75, 3.05) is 24.6 Å². The Morgan fingerprint density at radius 3 is 2.53 bits per heavy atom. The number of amides is 1. The minimum Gasteiger partial charge on any atom is -0.449 e. The summed E-state index contributed by atoms with van der Waals surface area (Å²) < 4.78 is 44.0. The average molecular weight is 474 g/mol. The van der Waals surface area contributed by atoms with Crippen LogP contribution in [0.25, 0.3) is 22.3 Å². The number of alkyl halides is 3. The lowest BCUT2D eigenvalue weighted by molar-refractivity contribution is -0.141. The summed E-state index contributed by atoms with van der Waals surface area (Å²) in [6.45, 7) is 5.66. The van der Waals surface area contributed by atoms with Gasteiger partial charge in [0.1, 0.15) is 23.5 Å². The summed E-state index contributed by atoms with van der Waals surface area (Å²) >= 11 is 0. The number of piperazine rings is 1. The third-order valence-corrected chi connectivity index (χ3v) is 6.30. The predicted octanol–water partition coefficient (Wildman–Crippen LogP) is 4.48. The molecule has 2 aliphatic heterocycles. The Labute approximate surface area is 194 Å². The molecule has 0 radical (unpaired) electrons. The molecule has 0 aliphatic carbocycles. The molecule has 5 rings (SSSR count). The predicted molar refractivity (Wildman–Crippen MR) is 119 cm³/mol. The summed E-state index contributed by atoms with van der Waals surface area (Å²) in [6, 6.07) is 4.26. The first-order valence-corrected chi connectivity index (χ1v) is 11.3. The molecule has 180 valence electrons. The van der Waals surface area contributed by atoms with Crippen molar-refractivity contribution in [1.29, 1.82) is 0 Å². The summed E-state index contributed by atoms with van der Waals surface area (Å²) in [5.41, 5.74) is 0.783. The van der Waals surface area contributed by atoms with Crippen LogP contribution in [0, 0.1) is 5.92 Å². The third-order valence-electron chi connectivity index (χ3n) is 6.30. The molecule has 11 heteroatoms. The molecule has 34 heavy (non-hydrogen) atoms. The fourth-order valence-electron chi connectivity index (χ4n) is 4.74. The van der Waals surface area contributed by atoms with Crippen LogP contribution in [0.4, 0.5) is 23.8 Å². The number of nitrogens with one attached hydrogen (secondary N) is 1. The first kappa shape index (κ1) is 22.4. The Bertz CT molecular complexity index is 1180. The summed E-state index contributed by atoms with van der Waals surface area (Å²) in [7, 11) is 0. The minimum atomic E-state index is -4.49. The Balaban J connectivity index is 1.38. The van der Waals surface area contributed by atoms with Gasteiger partial charge in [-0.2, -0.15) is 13.2 Å². The topological polar surface area (TPSA) is 87.2 Å². The number of fused-ring (bicyclic) bond motifs is 3.